The number of nitrogens with zero attached hydrogens (tertiary/aromatic N) is 1. The molecule has 0 fully saturated rings. The summed E-state index contributed by atoms with van der Waals surface area (Å²) in [6.07, 6.45) is 0. The van der Waals surface area contributed by atoms with Crippen molar-refractivity contribution < 1.29 is 0 Å². The van der Waals surface area contributed by atoms with Crippen molar-refractivity contribution in [3.8, 4) is 0 Å². The van der Waals surface area contributed by atoms with Crippen LogP contribution in [0.15, 0.2) is 17.5 Å². The highest BCUT2D eigenvalue weighted by molar-refractivity contribution is 7.09. The van der Waals surface area contributed by atoms with Gasteiger partial charge in [-0.3, -0.25) is 0 Å². The van der Waals surface area contributed by atoms with E-state index in [0.717, 1.165) is 19.6 Å². The minimum absolute atomic E-state index is 0. The summed E-state index contributed by atoms with van der Waals surface area (Å²) >= 11 is 1.81. The lowest BCUT2D eigenvalue weighted by molar-refractivity contribution is 0.211. The van der Waals surface area contributed by atoms with Gasteiger partial charge in [0.2, 0.25) is 0 Å². The Morgan fingerprint density at radius 3 is 2.60 bits per heavy atom. The Balaban J connectivity index is 0.00000196. The molecule has 0 aliphatic rings. The topological polar surface area (TPSA) is 29.3 Å². The van der Waals surface area contributed by atoms with Crippen LogP contribution < -0.4 is 5.73 Å². The third-order valence-electron chi connectivity index (χ3n) is 2.26. The third kappa shape index (κ3) is 5.52. The van der Waals surface area contributed by atoms with Crippen LogP contribution in [0.3, 0.4) is 0 Å². The van der Waals surface area contributed by atoms with E-state index in [9.17, 15) is 0 Å². The highest BCUT2D eigenvalue weighted by atomic mass is 35.5. The fraction of sp³-hybridized carbons (Fsp3) is 0.636. The Hall–Kier alpha value is -0.0900. The molecule has 0 aliphatic carbocycles. The predicted molar refractivity (Wildman–Crippen MR) is 70.7 cm³/mol. The molecule has 0 saturated carbocycles. The second-order valence-electron chi connectivity index (χ2n) is 4.62. The number of hydrogen-bond donors (Lipinski definition) is 1. The smallest absolute Gasteiger partial charge is 0.0325 e. The molecule has 0 amide bonds. The molecule has 0 unspecified atom stereocenters. The number of hydrogen-bond acceptors (Lipinski definition) is 3. The van der Waals surface area contributed by atoms with E-state index in [1.165, 1.54) is 4.88 Å². The summed E-state index contributed by atoms with van der Waals surface area (Å²) in [5.41, 5.74) is 5.92. The molecule has 0 bridgehead atoms. The van der Waals surface area contributed by atoms with Gasteiger partial charge in [-0.2, -0.15) is 0 Å². The van der Waals surface area contributed by atoms with Crippen molar-refractivity contribution in [1.29, 1.82) is 0 Å². The lowest BCUT2D eigenvalue weighted by atomic mass is 9.93. The predicted octanol–water partition coefficient (Wildman–Crippen LogP) is 2.59. The van der Waals surface area contributed by atoms with Gasteiger partial charge in [0.25, 0.3) is 0 Å². The van der Waals surface area contributed by atoms with Gasteiger partial charge in [-0.1, -0.05) is 19.9 Å². The maximum absolute atomic E-state index is 5.70. The SMILES string of the molecule is CN(Cc1cccs1)CC(C)(C)CN.Cl. The molecule has 4 heteroatoms. The average Bonchev–Trinajstić information content (AvgIpc) is 2.55. The zero-order chi connectivity index (χ0) is 10.6. The summed E-state index contributed by atoms with van der Waals surface area (Å²) in [5, 5.41) is 2.12. The summed E-state index contributed by atoms with van der Waals surface area (Å²) in [6.45, 7) is 7.22. The van der Waals surface area contributed by atoms with Crippen LogP contribution in [0.4, 0.5) is 0 Å². The second kappa shape index (κ2) is 6.48. The fourth-order valence-electron chi connectivity index (χ4n) is 1.52. The Labute approximate surface area is 103 Å². The molecule has 1 rings (SSSR count). The van der Waals surface area contributed by atoms with Gasteiger partial charge in [-0.05, 0) is 30.5 Å². The van der Waals surface area contributed by atoms with E-state index in [1.54, 1.807) is 0 Å². The Morgan fingerprint density at radius 2 is 2.13 bits per heavy atom. The standard InChI is InChI=1S/C11H20N2S.ClH/c1-11(2,8-12)9-13(3)7-10-5-4-6-14-10;/h4-6H,7-9,12H2,1-3H3;1H. The van der Waals surface area contributed by atoms with E-state index in [1.807, 2.05) is 11.3 Å². The molecule has 0 atom stereocenters. The van der Waals surface area contributed by atoms with Crippen molar-refractivity contribution in [3.63, 3.8) is 0 Å². The van der Waals surface area contributed by atoms with Crippen LogP contribution in [0.25, 0.3) is 0 Å². The van der Waals surface area contributed by atoms with Gasteiger partial charge in [0.15, 0.2) is 0 Å². The number of halogens is 1. The number of nitrogens with two attached hydrogens (primary N) is 1. The van der Waals surface area contributed by atoms with Gasteiger partial charge in [-0.15, -0.1) is 23.7 Å². The summed E-state index contributed by atoms with van der Waals surface area (Å²) in [5.74, 6) is 0. The molecule has 1 heterocycles. The summed E-state index contributed by atoms with van der Waals surface area (Å²) in [7, 11) is 2.15. The molecular formula is C11H21ClN2S. The molecule has 0 spiro atoms. The Morgan fingerprint density at radius 1 is 1.47 bits per heavy atom. The van der Waals surface area contributed by atoms with Crippen LogP contribution in [-0.2, 0) is 6.54 Å². The van der Waals surface area contributed by atoms with E-state index in [2.05, 4.69) is 43.3 Å². The van der Waals surface area contributed by atoms with Crippen molar-refractivity contribution in [2.24, 2.45) is 11.1 Å². The zero-order valence-electron chi connectivity index (χ0n) is 9.69. The zero-order valence-corrected chi connectivity index (χ0v) is 11.3. The van der Waals surface area contributed by atoms with Gasteiger partial charge in [0.1, 0.15) is 0 Å². The van der Waals surface area contributed by atoms with E-state index in [4.69, 9.17) is 5.73 Å². The minimum atomic E-state index is 0. The first-order valence-electron chi connectivity index (χ1n) is 4.94. The molecule has 0 aliphatic heterocycles. The number of thiophene rings is 1. The van der Waals surface area contributed by atoms with Crippen LogP contribution in [0.1, 0.15) is 18.7 Å². The fourth-order valence-corrected chi connectivity index (χ4v) is 2.30. The summed E-state index contributed by atoms with van der Waals surface area (Å²) in [6, 6.07) is 4.28. The summed E-state index contributed by atoms with van der Waals surface area (Å²) in [4.78, 5) is 3.75. The molecule has 1 aromatic heterocycles. The van der Waals surface area contributed by atoms with Crippen LogP contribution in [0.2, 0.25) is 0 Å². The lowest BCUT2D eigenvalue weighted by Crippen LogP contribution is -2.36. The molecule has 1 aromatic rings. The average molecular weight is 249 g/mol. The van der Waals surface area contributed by atoms with Crippen LogP contribution >= 0.6 is 23.7 Å². The van der Waals surface area contributed by atoms with E-state index in [-0.39, 0.29) is 17.8 Å². The molecule has 88 valence electrons. The molecule has 0 aromatic carbocycles. The van der Waals surface area contributed by atoms with Gasteiger partial charge in [-0.25, -0.2) is 0 Å². The van der Waals surface area contributed by atoms with Crippen molar-refractivity contribution in [2.75, 3.05) is 20.1 Å². The largest absolute Gasteiger partial charge is 0.330 e. The monoisotopic (exact) mass is 248 g/mol. The first kappa shape index (κ1) is 14.9. The highest BCUT2D eigenvalue weighted by Crippen LogP contribution is 2.17. The van der Waals surface area contributed by atoms with E-state index < -0.39 is 0 Å². The maximum Gasteiger partial charge on any atom is 0.0325 e. The van der Waals surface area contributed by atoms with Gasteiger partial charge in [0, 0.05) is 18.0 Å². The first-order chi connectivity index (χ1) is 6.53. The third-order valence-corrected chi connectivity index (χ3v) is 3.12. The lowest BCUT2D eigenvalue weighted by Gasteiger charge is -2.28. The van der Waals surface area contributed by atoms with Crippen LogP contribution in [0.5, 0.6) is 0 Å². The minimum Gasteiger partial charge on any atom is -0.330 e. The van der Waals surface area contributed by atoms with E-state index in [0.29, 0.717) is 0 Å². The van der Waals surface area contributed by atoms with Crippen LogP contribution in [0, 0.1) is 5.41 Å². The second-order valence-corrected chi connectivity index (χ2v) is 5.65. The molecular weight excluding hydrogens is 228 g/mol. The molecule has 15 heavy (non-hydrogen) atoms. The maximum atomic E-state index is 5.70. The normalized spacial score (nSPS) is 11.5. The van der Waals surface area contributed by atoms with Crippen molar-refractivity contribution in [1.82, 2.24) is 4.90 Å². The van der Waals surface area contributed by atoms with Gasteiger partial charge < -0.3 is 10.6 Å². The molecule has 2 N–H and O–H groups in total. The number of rotatable bonds is 5. The molecule has 2 nitrogen and oxygen atoms in total. The van der Waals surface area contributed by atoms with Crippen LogP contribution in [-0.4, -0.2) is 25.0 Å². The van der Waals surface area contributed by atoms with Crippen molar-refractivity contribution in [2.45, 2.75) is 20.4 Å². The molecule has 0 radical (unpaired) electrons. The Kier molecular flexibility index (Phi) is 6.44. The quantitative estimate of drug-likeness (QED) is 0.868. The van der Waals surface area contributed by atoms with E-state index >= 15 is 0 Å². The summed E-state index contributed by atoms with van der Waals surface area (Å²) < 4.78 is 0. The van der Waals surface area contributed by atoms with Gasteiger partial charge in [0.05, 0.1) is 0 Å². The Bertz CT molecular complexity index is 260. The van der Waals surface area contributed by atoms with Crippen molar-refractivity contribution in [3.05, 3.63) is 22.4 Å². The van der Waals surface area contributed by atoms with Gasteiger partial charge >= 0.3 is 0 Å². The van der Waals surface area contributed by atoms with Crippen molar-refractivity contribution >= 4 is 23.7 Å². The highest BCUT2D eigenvalue weighted by Gasteiger charge is 2.17. The molecule has 0 saturated heterocycles. The first-order valence-corrected chi connectivity index (χ1v) is 5.82.